The Bertz CT molecular complexity index is 668. The van der Waals surface area contributed by atoms with Crippen LogP contribution in [-0.2, 0) is 0 Å². The molecule has 1 aliphatic heterocycles. The van der Waals surface area contributed by atoms with E-state index in [0.717, 1.165) is 32.6 Å². The smallest absolute Gasteiger partial charge is 0.0521 e. The zero-order valence-electron chi connectivity index (χ0n) is 19.8. The third-order valence-electron chi connectivity index (χ3n) is 6.48. The van der Waals surface area contributed by atoms with E-state index >= 15 is 0 Å². The molecule has 1 fully saturated rings. The average molecular weight is 423 g/mol. The van der Waals surface area contributed by atoms with Gasteiger partial charge < -0.3 is 21.3 Å². The van der Waals surface area contributed by atoms with E-state index in [1.807, 2.05) is 0 Å². The molecule has 4 atom stereocenters. The van der Waals surface area contributed by atoms with Crippen molar-refractivity contribution in [1.82, 2.24) is 21.3 Å². The van der Waals surface area contributed by atoms with Crippen molar-refractivity contribution < 1.29 is 0 Å². The van der Waals surface area contributed by atoms with Gasteiger partial charge in [-0.1, -0.05) is 88.4 Å². The van der Waals surface area contributed by atoms with Crippen LogP contribution in [-0.4, -0.2) is 38.3 Å². The number of rotatable bonds is 4. The Morgan fingerprint density at radius 1 is 0.613 bits per heavy atom. The van der Waals surface area contributed by atoms with Crippen LogP contribution in [0.2, 0.25) is 0 Å². The zero-order valence-corrected chi connectivity index (χ0v) is 19.8. The highest BCUT2D eigenvalue weighted by Crippen LogP contribution is 2.31. The molecule has 4 nitrogen and oxygen atoms in total. The summed E-state index contributed by atoms with van der Waals surface area (Å²) in [6.07, 6.45) is 1.15. The van der Waals surface area contributed by atoms with Gasteiger partial charge in [0.15, 0.2) is 0 Å². The van der Waals surface area contributed by atoms with Crippen LogP contribution in [0, 0.1) is 11.8 Å². The lowest BCUT2D eigenvalue weighted by atomic mass is 9.89. The summed E-state index contributed by atoms with van der Waals surface area (Å²) < 4.78 is 0. The molecule has 0 aliphatic carbocycles. The molecule has 2 aromatic carbocycles. The van der Waals surface area contributed by atoms with Crippen molar-refractivity contribution >= 4 is 0 Å². The van der Waals surface area contributed by atoms with Gasteiger partial charge in [0.1, 0.15) is 0 Å². The highest BCUT2D eigenvalue weighted by Gasteiger charge is 2.30. The molecule has 0 saturated carbocycles. The first-order chi connectivity index (χ1) is 15.1. The van der Waals surface area contributed by atoms with Crippen LogP contribution in [0.1, 0.15) is 57.3 Å². The third-order valence-corrected chi connectivity index (χ3v) is 6.48. The maximum absolute atomic E-state index is 4.07. The number of hydrogen-bond acceptors (Lipinski definition) is 4. The van der Waals surface area contributed by atoms with Gasteiger partial charge in [0, 0.05) is 25.2 Å². The minimum Gasteiger partial charge on any atom is -0.315 e. The van der Waals surface area contributed by atoms with Crippen molar-refractivity contribution in [2.75, 3.05) is 26.2 Å². The van der Waals surface area contributed by atoms with Crippen LogP contribution in [0.3, 0.4) is 0 Å². The second-order valence-corrected chi connectivity index (χ2v) is 9.57. The molecular formula is C27H42N4. The molecule has 0 aromatic heterocycles. The normalized spacial score (nSPS) is 26.8. The molecule has 31 heavy (non-hydrogen) atoms. The molecule has 0 amide bonds. The minimum absolute atomic E-state index is 0.180. The Kier molecular flexibility index (Phi) is 9.54. The van der Waals surface area contributed by atoms with Crippen LogP contribution >= 0.6 is 0 Å². The SMILES string of the molecule is CC(C)[C@H]1CNCCCNC[C@H](C(C)C)N[C@H](c2ccccc2)[C@@H](c2ccccc2)N1. The fraction of sp³-hybridized carbons (Fsp3) is 0.556. The fourth-order valence-electron chi connectivity index (χ4n) is 4.38. The summed E-state index contributed by atoms with van der Waals surface area (Å²) in [6.45, 7) is 13.4. The zero-order chi connectivity index (χ0) is 22.1. The number of benzene rings is 2. The largest absolute Gasteiger partial charge is 0.315 e. The monoisotopic (exact) mass is 422 g/mol. The van der Waals surface area contributed by atoms with Crippen LogP contribution in [0.25, 0.3) is 0 Å². The molecule has 3 rings (SSSR count). The molecule has 1 aliphatic rings. The van der Waals surface area contributed by atoms with Gasteiger partial charge in [-0.25, -0.2) is 0 Å². The Balaban J connectivity index is 2.03. The quantitative estimate of drug-likeness (QED) is 0.594. The van der Waals surface area contributed by atoms with E-state index in [1.54, 1.807) is 0 Å². The van der Waals surface area contributed by atoms with E-state index in [2.05, 4.69) is 110 Å². The van der Waals surface area contributed by atoms with Gasteiger partial charge in [-0.2, -0.15) is 0 Å². The van der Waals surface area contributed by atoms with Crippen molar-refractivity contribution in [3.8, 4) is 0 Å². The van der Waals surface area contributed by atoms with E-state index in [4.69, 9.17) is 0 Å². The number of nitrogens with one attached hydrogen (secondary N) is 4. The third kappa shape index (κ3) is 7.15. The summed E-state index contributed by atoms with van der Waals surface area (Å²) in [4.78, 5) is 0. The van der Waals surface area contributed by atoms with Crippen molar-refractivity contribution in [2.24, 2.45) is 11.8 Å². The summed E-state index contributed by atoms with van der Waals surface area (Å²) >= 11 is 0. The molecule has 1 saturated heterocycles. The second-order valence-electron chi connectivity index (χ2n) is 9.57. The van der Waals surface area contributed by atoms with Gasteiger partial charge in [-0.05, 0) is 42.5 Å². The summed E-state index contributed by atoms with van der Waals surface area (Å²) in [5, 5.41) is 15.5. The van der Waals surface area contributed by atoms with Crippen molar-refractivity contribution in [3.63, 3.8) is 0 Å². The first-order valence-corrected chi connectivity index (χ1v) is 12.1. The maximum atomic E-state index is 4.07. The highest BCUT2D eigenvalue weighted by molar-refractivity contribution is 5.28. The van der Waals surface area contributed by atoms with Gasteiger partial charge in [0.05, 0.1) is 12.1 Å². The Morgan fingerprint density at radius 3 is 1.35 bits per heavy atom. The first kappa shape index (κ1) is 23.9. The average Bonchev–Trinajstić information content (AvgIpc) is 2.80. The van der Waals surface area contributed by atoms with Crippen LogP contribution < -0.4 is 21.3 Å². The predicted octanol–water partition coefficient (Wildman–Crippen LogP) is 4.28. The lowest BCUT2D eigenvalue weighted by molar-refractivity contribution is 0.261. The molecule has 2 aromatic rings. The standard InChI is InChI=1S/C27H42N4/c1-20(2)24-18-28-16-11-17-29-19-25(21(3)4)31-27(23-14-9-6-10-15-23)26(30-24)22-12-7-5-8-13-22/h5-10,12-15,20-21,24-31H,11,16-19H2,1-4H3/t24-,25-,26-,27-/m1/s1. The topological polar surface area (TPSA) is 48.1 Å². The van der Waals surface area contributed by atoms with Crippen molar-refractivity contribution in [2.45, 2.75) is 58.3 Å². The lowest BCUT2D eigenvalue weighted by Gasteiger charge is -2.38. The molecule has 4 N–H and O–H groups in total. The molecule has 0 spiro atoms. The lowest BCUT2D eigenvalue weighted by Crippen LogP contribution is -2.50. The molecule has 0 bridgehead atoms. The van der Waals surface area contributed by atoms with E-state index in [-0.39, 0.29) is 12.1 Å². The molecule has 1 heterocycles. The van der Waals surface area contributed by atoms with Gasteiger partial charge in [0.25, 0.3) is 0 Å². The first-order valence-electron chi connectivity index (χ1n) is 12.1. The Labute approximate surface area is 189 Å². The summed E-state index contributed by atoms with van der Waals surface area (Å²) in [5.41, 5.74) is 2.67. The van der Waals surface area contributed by atoms with Crippen LogP contribution in [0.4, 0.5) is 0 Å². The van der Waals surface area contributed by atoms with Gasteiger partial charge in [0.2, 0.25) is 0 Å². The van der Waals surface area contributed by atoms with Gasteiger partial charge in [-0.15, -0.1) is 0 Å². The van der Waals surface area contributed by atoms with Crippen LogP contribution in [0.15, 0.2) is 60.7 Å². The second kappa shape index (κ2) is 12.4. The van der Waals surface area contributed by atoms with Crippen LogP contribution in [0.5, 0.6) is 0 Å². The fourth-order valence-corrected chi connectivity index (χ4v) is 4.38. The van der Waals surface area contributed by atoms with Gasteiger partial charge >= 0.3 is 0 Å². The summed E-state index contributed by atoms with van der Waals surface area (Å²) in [7, 11) is 0. The van der Waals surface area contributed by atoms with Crippen molar-refractivity contribution in [3.05, 3.63) is 71.8 Å². The maximum Gasteiger partial charge on any atom is 0.0521 e. The summed E-state index contributed by atoms with van der Waals surface area (Å²) in [5.74, 6) is 1.08. The van der Waals surface area contributed by atoms with Gasteiger partial charge in [-0.3, -0.25) is 0 Å². The Hall–Kier alpha value is -1.72. The van der Waals surface area contributed by atoms with E-state index in [1.165, 1.54) is 11.1 Å². The summed E-state index contributed by atoms with van der Waals surface area (Å²) in [6, 6.07) is 23.0. The highest BCUT2D eigenvalue weighted by atomic mass is 15.1. The molecular weight excluding hydrogens is 380 g/mol. The minimum atomic E-state index is 0.180. The molecule has 0 unspecified atom stereocenters. The van der Waals surface area contributed by atoms with Crippen molar-refractivity contribution in [1.29, 1.82) is 0 Å². The molecule has 0 radical (unpaired) electrons. The molecule has 4 heteroatoms. The Morgan fingerprint density at radius 2 is 1.00 bits per heavy atom. The van der Waals surface area contributed by atoms with E-state index < -0.39 is 0 Å². The predicted molar refractivity (Wildman–Crippen MR) is 132 cm³/mol. The van der Waals surface area contributed by atoms with E-state index in [9.17, 15) is 0 Å². The van der Waals surface area contributed by atoms with E-state index in [0.29, 0.717) is 23.9 Å². The molecule has 170 valence electrons. The number of hydrogen-bond donors (Lipinski definition) is 4.